The van der Waals surface area contributed by atoms with Gasteiger partial charge >= 0.3 is 11.9 Å². The summed E-state index contributed by atoms with van der Waals surface area (Å²) in [6.07, 6.45) is -26.4. The molecule has 0 aromatic heterocycles. The molecule has 35 atom stereocenters. The number of aliphatic hydroxyl groups is 17. The van der Waals surface area contributed by atoms with Gasteiger partial charge in [0.25, 0.3) is 0 Å². The van der Waals surface area contributed by atoms with Gasteiger partial charge in [0.05, 0.1) is 70.0 Å². The number of allylic oxidation sites excluding steroid dienone is 2. The Labute approximate surface area is 648 Å². The summed E-state index contributed by atoms with van der Waals surface area (Å²) in [5, 5.41) is 184. The number of ketones is 1. The van der Waals surface area contributed by atoms with Crippen molar-refractivity contribution in [3.05, 3.63) is 11.6 Å². The van der Waals surface area contributed by atoms with Crippen LogP contribution < -0.4 is 0 Å². The van der Waals surface area contributed by atoms with E-state index in [2.05, 4.69) is 40.7 Å². The van der Waals surface area contributed by atoms with Crippen LogP contribution in [0, 0.1) is 50.2 Å². The van der Waals surface area contributed by atoms with Crippen molar-refractivity contribution in [2.75, 3.05) is 52.9 Å². The van der Waals surface area contributed by atoms with Gasteiger partial charge in [0.1, 0.15) is 103 Å². The second kappa shape index (κ2) is 36.4. The minimum atomic E-state index is -2.24. The summed E-state index contributed by atoms with van der Waals surface area (Å²) in [6.45, 7) is 10.8. The van der Waals surface area contributed by atoms with Crippen molar-refractivity contribution in [1.29, 1.82) is 0 Å². The quantitative estimate of drug-likeness (QED) is 0.0177. The number of fused-ring (bicyclic) bond motifs is 7. The third-order valence-corrected chi connectivity index (χ3v) is 28.0. The lowest BCUT2D eigenvalue weighted by Gasteiger charge is -2.72. The Kier molecular flexibility index (Phi) is 29.2. The fourth-order valence-corrected chi connectivity index (χ4v) is 20.9. The molecule has 111 heavy (non-hydrogen) atoms. The molecule has 4 saturated carbocycles. The molecule has 0 unspecified atom stereocenters. The van der Waals surface area contributed by atoms with Crippen molar-refractivity contribution < 1.29 is 163 Å². The molecule has 10 fully saturated rings. The second-order valence-corrected chi connectivity index (χ2v) is 35.8. The first-order valence-corrected chi connectivity index (χ1v) is 40.5. The molecule has 11 rings (SSSR count). The van der Waals surface area contributed by atoms with Gasteiger partial charge in [-0.2, -0.15) is 0 Å². The van der Waals surface area contributed by atoms with Crippen molar-refractivity contribution in [3.63, 3.8) is 0 Å². The highest BCUT2D eigenvalue weighted by molar-refractivity contribution is 5.79. The predicted molar refractivity (Wildman–Crippen MR) is 381 cm³/mol. The van der Waals surface area contributed by atoms with Crippen LogP contribution in [0.25, 0.3) is 0 Å². The third-order valence-electron chi connectivity index (χ3n) is 28.0. The third kappa shape index (κ3) is 17.9. The molecule has 638 valence electrons. The summed E-state index contributed by atoms with van der Waals surface area (Å²) in [6, 6.07) is 0. The van der Waals surface area contributed by atoms with Gasteiger partial charge in [0.2, 0.25) is 6.29 Å². The van der Waals surface area contributed by atoms with E-state index in [1.165, 1.54) is 6.92 Å². The van der Waals surface area contributed by atoms with E-state index in [1.54, 1.807) is 0 Å². The normalized spacial score (nSPS) is 47.7. The molecule has 17 N–H and O–H groups in total. The van der Waals surface area contributed by atoms with E-state index in [1.807, 2.05) is 6.92 Å². The van der Waals surface area contributed by atoms with E-state index in [-0.39, 0.29) is 42.5 Å². The van der Waals surface area contributed by atoms with E-state index in [4.69, 9.17) is 61.6 Å². The smallest absolute Gasteiger partial charge is 0.315 e. The van der Waals surface area contributed by atoms with Gasteiger partial charge in [0, 0.05) is 31.3 Å². The molecule has 33 heteroatoms. The molecule has 0 bridgehead atoms. The minimum absolute atomic E-state index is 0.0926. The molecular weight excluding hydrogens is 1460 g/mol. The number of hydrogen-bond acceptors (Lipinski definition) is 33. The van der Waals surface area contributed by atoms with Crippen LogP contribution in [-0.4, -0.2) is 323 Å². The number of rotatable bonds is 31. The van der Waals surface area contributed by atoms with Crippen LogP contribution in [0.2, 0.25) is 0 Å². The number of aliphatic hydroxyl groups excluding tert-OH is 16. The van der Waals surface area contributed by atoms with E-state index in [9.17, 15) is 96.4 Å². The molecular formula is C78H128O33. The van der Waals surface area contributed by atoms with Crippen LogP contribution in [0.3, 0.4) is 0 Å². The molecule has 11 aliphatic rings. The lowest BCUT2D eigenvalue weighted by Crippen LogP contribution is -2.69. The van der Waals surface area contributed by atoms with Crippen LogP contribution in [0.4, 0.5) is 0 Å². The van der Waals surface area contributed by atoms with Crippen molar-refractivity contribution in [2.45, 2.75) is 355 Å². The Balaban J connectivity index is 0.793. The number of Topliss-reactive ketones (excluding diaryl/α,β-unsaturated/α-hetero) is 1. The summed E-state index contributed by atoms with van der Waals surface area (Å²) in [5.41, 5.74) is -5.46. The van der Waals surface area contributed by atoms with E-state index < -0.39 is 250 Å². The summed E-state index contributed by atoms with van der Waals surface area (Å²) in [7, 11) is 0. The Hall–Kier alpha value is -2.77. The van der Waals surface area contributed by atoms with Gasteiger partial charge in [-0.3, -0.25) is 14.4 Å². The highest BCUT2D eigenvalue weighted by Gasteiger charge is 2.72. The second-order valence-electron chi connectivity index (χ2n) is 35.8. The summed E-state index contributed by atoms with van der Waals surface area (Å²) in [5.74, 6) is -2.02. The lowest BCUT2D eigenvalue weighted by atomic mass is 9.33. The average Bonchev–Trinajstić information content (AvgIpc) is 0.866. The number of ether oxygens (including phenoxy) is 13. The number of unbranched alkanes of at least 4 members (excludes halogenated alkanes) is 8. The number of carbonyl (C=O) groups excluding carboxylic acids is 3. The molecule has 5 aliphatic carbocycles. The maximum absolute atomic E-state index is 16.2. The first-order valence-electron chi connectivity index (χ1n) is 40.5. The van der Waals surface area contributed by atoms with Crippen LogP contribution in [0.5, 0.6) is 0 Å². The summed E-state index contributed by atoms with van der Waals surface area (Å²) in [4.78, 5) is 43.2. The standard InChI is InChI=1S/C78H128O33/c1-39-60(107-66-57(93)52(88)45(85)34-101-66)55(91)59(95)67(104-39)109-62-61(108-70-63(96)78(98,37-81)38-103-70)47(105-50(86)20-16-12-8-10-14-18-40(82)19-15-11-9-13-17-29-99-65-56(92)51(87)44(84)33-100-65)35-102-69(62)111-71(97)77-27-25-72(2,3)30-42(77)41-21-22-49-73(4)31-43(83)64(110-68-58(94)54(90)53(89)46(32-79)106-68)74(5,36-80)48(73)23-24-76(49,7)75(41,6)26-28-77/h21,39,42-49,51-70,79-81,83-85,87-96,98H,8-20,22-38H2,1-7H3/t39-,42-,43-,44+,45-,46+,47-,48+,49+,51-,52-,53+,54-,55-,56+,57+,58+,59+,60-,61-,62+,63-,64-,65+,66-,67-,68-,69-,70-,73-,74-,75+,76+,77-,78+/m0/s1. The lowest BCUT2D eigenvalue weighted by molar-refractivity contribution is -0.376. The van der Waals surface area contributed by atoms with Crippen LogP contribution >= 0.6 is 0 Å². The molecule has 33 nitrogen and oxygen atoms in total. The number of carbonyl (C=O) groups is 3. The highest BCUT2D eigenvalue weighted by Crippen LogP contribution is 2.76. The van der Waals surface area contributed by atoms with E-state index in [0.717, 1.165) is 37.7 Å². The van der Waals surface area contributed by atoms with Crippen LogP contribution in [-0.2, 0) is 76.0 Å². The topological polar surface area (TPSA) is 515 Å². The maximum atomic E-state index is 16.2. The summed E-state index contributed by atoms with van der Waals surface area (Å²) < 4.78 is 79.0. The zero-order chi connectivity index (χ0) is 80.7. The molecule has 0 aromatic carbocycles. The zero-order valence-electron chi connectivity index (χ0n) is 65.2. The molecule has 6 heterocycles. The van der Waals surface area contributed by atoms with Crippen molar-refractivity contribution in [3.8, 4) is 0 Å². The highest BCUT2D eigenvalue weighted by atomic mass is 16.8. The maximum Gasteiger partial charge on any atom is 0.315 e. The number of hydrogen-bond donors (Lipinski definition) is 17. The SMILES string of the molecule is C[C@@H]1O[C@@H](O[C@H]2[C@H](OC(=O)[C@]34CCC(C)(C)C[C@H]3C3=CC[C@@H]5[C@@]6(C)C[C@H](O)[C@H](O[C@@H]7O[C@H](CO)[C@@H](O)[C@H](O)[C@H]7O)[C@@](C)(CO)[C@@H]6CC[C@@]5(C)[C@]3(C)CC4)OC[C@H](OC(=O)CCCCCCCC(=O)CCCCCCCO[C@@H]3OC[C@@H](O)[C@H](O)[C@H]3O)[C@@H]2O[C@@H]2OC[C@](O)(CO)[C@H]2O)[C@H](O)[C@H](O)[C@H]1O[C@@H]1OC[C@H](O)[C@H](O)[C@H]1O. The van der Waals surface area contributed by atoms with Crippen molar-refractivity contribution in [1.82, 2.24) is 0 Å². The van der Waals surface area contributed by atoms with E-state index >= 15 is 4.79 Å². The first kappa shape index (κ1) is 89.0. The minimum Gasteiger partial charge on any atom is -0.457 e. The van der Waals surface area contributed by atoms with Crippen LogP contribution in [0.15, 0.2) is 11.6 Å². The fourth-order valence-electron chi connectivity index (χ4n) is 20.9. The van der Waals surface area contributed by atoms with Crippen molar-refractivity contribution >= 4 is 17.7 Å². The molecule has 0 amide bonds. The Morgan fingerprint density at radius 1 is 0.514 bits per heavy atom. The Bertz CT molecular complexity index is 3090. The van der Waals surface area contributed by atoms with Gasteiger partial charge in [0.15, 0.2) is 43.7 Å². The molecule has 0 radical (unpaired) electrons. The van der Waals surface area contributed by atoms with Gasteiger partial charge in [-0.25, -0.2) is 0 Å². The predicted octanol–water partition coefficient (Wildman–Crippen LogP) is -0.674. The van der Waals surface area contributed by atoms with Gasteiger partial charge in [-0.1, -0.05) is 91.7 Å². The van der Waals surface area contributed by atoms with Gasteiger partial charge in [-0.15, -0.1) is 0 Å². The first-order chi connectivity index (χ1) is 52.5. The molecule has 0 spiro atoms. The Morgan fingerprint density at radius 3 is 1.74 bits per heavy atom. The van der Waals surface area contributed by atoms with Crippen molar-refractivity contribution in [2.24, 2.45) is 50.2 Å². The van der Waals surface area contributed by atoms with Crippen LogP contribution in [0.1, 0.15) is 190 Å². The largest absolute Gasteiger partial charge is 0.457 e. The van der Waals surface area contributed by atoms with E-state index in [0.29, 0.717) is 103 Å². The summed E-state index contributed by atoms with van der Waals surface area (Å²) >= 11 is 0. The molecule has 0 aromatic rings. The zero-order valence-corrected chi connectivity index (χ0v) is 65.2. The molecule has 6 aliphatic heterocycles. The monoisotopic (exact) mass is 1590 g/mol. The Morgan fingerprint density at radius 2 is 1.09 bits per heavy atom. The fraction of sp³-hybridized carbons (Fsp3) is 0.936. The molecule has 6 saturated heterocycles. The van der Waals surface area contributed by atoms with Gasteiger partial charge < -0.3 is 148 Å². The van der Waals surface area contributed by atoms with Gasteiger partial charge in [-0.05, 0) is 130 Å². The average molecular weight is 1590 g/mol. The number of esters is 2.